The molecule has 0 aromatic carbocycles. The van der Waals surface area contributed by atoms with Gasteiger partial charge in [-0.05, 0) is 6.42 Å². The second-order valence-corrected chi connectivity index (χ2v) is 2.98. The van der Waals surface area contributed by atoms with Gasteiger partial charge in [0.1, 0.15) is 6.26 Å². The van der Waals surface area contributed by atoms with Crippen LogP contribution in [0.2, 0.25) is 0 Å². The van der Waals surface area contributed by atoms with E-state index in [1.165, 1.54) is 0 Å². The third-order valence-electron chi connectivity index (χ3n) is 1.76. The Kier molecular flexibility index (Phi) is 3.91. The van der Waals surface area contributed by atoms with Gasteiger partial charge >= 0.3 is 5.97 Å². The highest BCUT2D eigenvalue weighted by Gasteiger charge is 2.09. The maximum atomic E-state index is 11.3. The first kappa shape index (κ1) is 11.3. The monoisotopic (exact) mass is 212 g/mol. The van der Waals surface area contributed by atoms with Crippen molar-refractivity contribution in [3.63, 3.8) is 0 Å². The van der Waals surface area contributed by atoms with Gasteiger partial charge in [0.2, 0.25) is 16.9 Å². The zero-order chi connectivity index (χ0) is 11.3. The molecule has 0 aliphatic rings. The molecule has 0 saturated carbocycles. The molecule has 5 heteroatoms. The van der Waals surface area contributed by atoms with E-state index in [2.05, 4.69) is 0 Å². The molecular formula is C10H12O5. The van der Waals surface area contributed by atoms with Gasteiger partial charge in [-0.15, -0.1) is 0 Å². The Morgan fingerprint density at radius 3 is 2.87 bits per heavy atom. The lowest BCUT2D eigenvalue weighted by Crippen LogP contribution is -2.10. The van der Waals surface area contributed by atoms with Gasteiger partial charge in [-0.1, -0.05) is 13.3 Å². The molecule has 0 spiro atoms. The molecule has 0 bridgehead atoms. The summed E-state index contributed by atoms with van der Waals surface area (Å²) in [6.07, 6.45) is 2.82. The first-order valence-corrected chi connectivity index (χ1v) is 4.64. The van der Waals surface area contributed by atoms with Crippen molar-refractivity contribution >= 4 is 5.97 Å². The largest absolute Gasteiger partial charge is 0.487 e. The van der Waals surface area contributed by atoms with Crippen molar-refractivity contribution < 1.29 is 19.1 Å². The van der Waals surface area contributed by atoms with Gasteiger partial charge in [-0.2, -0.15) is 0 Å². The van der Waals surface area contributed by atoms with Gasteiger partial charge in [0.25, 0.3) is 0 Å². The molecule has 0 aliphatic heterocycles. The summed E-state index contributed by atoms with van der Waals surface area (Å²) in [5.41, 5.74) is -0.477. The fraction of sp³-hybridized carbons (Fsp3) is 0.400. The standard InChI is InChI=1S/C10H12O5/c1-2-3-4-14-9-6-15-8(10(12)13)5-7(9)11/h5-6H,2-4H2,1H3,(H,12,13). The molecule has 15 heavy (non-hydrogen) atoms. The molecule has 82 valence electrons. The molecule has 1 aromatic heterocycles. The predicted octanol–water partition coefficient (Wildman–Crippen LogP) is 1.52. The smallest absolute Gasteiger partial charge is 0.371 e. The van der Waals surface area contributed by atoms with Crippen LogP contribution in [-0.4, -0.2) is 17.7 Å². The van der Waals surface area contributed by atoms with E-state index in [0.717, 1.165) is 25.2 Å². The Labute approximate surface area is 86.3 Å². The minimum atomic E-state index is -1.27. The average Bonchev–Trinajstić information content (AvgIpc) is 2.20. The van der Waals surface area contributed by atoms with Crippen LogP contribution >= 0.6 is 0 Å². The van der Waals surface area contributed by atoms with Crippen molar-refractivity contribution in [3.8, 4) is 5.75 Å². The summed E-state index contributed by atoms with van der Waals surface area (Å²) in [7, 11) is 0. The summed E-state index contributed by atoms with van der Waals surface area (Å²) in [4.78, 5) is 21.7. The van der Waals surface area contributed by atoms with Crippen LogP contribution in [0.3, 0.4) is 0 Å². The van der Waals surface area contributed by atoms with E-state index in [1.807, 2.05) is 6.92 Å². The van der Waals surface area contributed by atoms with Gasteiger partial charge in [0, 0.05) is 6.07 Å². The van der Waals surface area contributed by atoms with Crippen molar-refractivity contribution in [1.82, 2.24) is 0 Å². The molecule has 5 nitrogen and oxygen atoms in total. The quantitative estimate of drug-likeness (QED) is 0.748. The number of aromatic carboxylic acids is 1. The van der Waals surface area contributed by atoms with Crippen LogP contribution < -0.4 is 10.2 Å². The molecule has 0 amide bonds. The summed E-state index contributed by atoms with van der Waals surface area (Å²) < 4.78 is 9.82. The van der Waals surface area contributed by atoms with E-state index < -0.39 is 11.4 Å². The summed E-state index contributed by atoms with van der Waals surface area (Å²) in [6.45, 7) is 2.42. The maximum absolute atomic E-state index is 11.3. The van der Waals surface area contributed by atoms with E-state index >= 15 is 0 Å². The van der Waals surface area contributed by atoms with Crippen molar-refractivity contribution in [1.29, 1.82) is 0 Å². The summed E-state index contributed by atoms with van der Waals surface area (Å²) in [5.74, 6) is -1.61. The topological polar surface area (TPSA) is 76.7 Å². The fourth-order valence-corrected chi connectivity index (χ4v) is 0.943. The molecule has 1 rings (SSSR count). The van der Waals surface area contributed by atoms with Crippen molar-refractivity contribution in [2.24, 2.45) is 0 Å². The van der Waals surface area contributed by atoms with Crippen LogP contribution in [0.25, 0.3) is 0 Å². The summed E-state index contributed by atoms with van der Waals surface area (Å²) in [6, 6.07) is 0.906. The molecule has 1 heterocycles. The van der Waals surface area contributed by atoms with Gasteiger partial charge in [0.15, 0.2) is 0 Å². The Morgan fingerprint density at radius 2 is 2.33 bits per heavy atom. The van der Waals surface area contributed by atoms with Crippen LogP contribution in [-0.2, 0) is 0 Å². The normalized spacial score (nSPS) is 9.93. The number of ether oxygens (including phenoxy) is 1. The Balaban J connectivity index is 2.75. The lowest BCUT2D eigenvalue weighted by molar-refractivity contribution is 0.0658. The molecule has 1 aromatic rings. The van der Waals surface area contributed by atoms with Crippen LogP contribution in [0, 0.1) is 0 Å². The number of carboxylic acid groups (broad SMARTS) is 1. The van der Waals surface area contributed by atoms with Crippen molar-refractivity contribution in [2.45, 2.75) is 19.8 Å². The van der Waals surface area contributed by atoms with E-state index in [4.69, 9.17) is 14.3 Å². The van der Waals surface area contributed by atoms with Crippen LogP contribution in [0.5, 0.6) is 5.75 Å². The molecule has 0 aliphatic carbocycles. The van der Waals surface area contributed by atoms with E-state index in [1.54, 1.807) is 0 Å². The fourth-order valence-electron chi connectivity index (χ4n) is 0.943. The Hall–Kier alpha value is -1.78. The van der Waals surface area contributed by atoms with Gasteiger partial charge in [-0.25, -0.2) is 4.79 Å². The van der Waals surface area contributed by atoms with E-state index in [9.17, 15) is 9.59 Å². The Bertz CT molecular complexity index is 393. The average molecular weight is 212 g/mol. The minimum absolute atomic E-state index is 0.0495. The van der Waals surface area contributed by atoms with E-state index in [-0.39, 0.29) is 11.5 Å². The first-order chi connectivity index (χ1) is 7.15. The number of unbranched alkanes of at least 4 members (excludes halogenated alkanes) is 1. The number of hydrogen-bond acceptors (Lipinski definition) is 4. The lowest BCUT2D eigenvalue weighted by atomic mass is 10.3. The van der Waals surface area contributed by atoms with Crippen molar-refractivity contribution in [3.05, 3.63) is 28.3 Å². The van der Waals surface area contributed by atoms with Gasteiger partial charge < -0.3 is 14.3 Å². The Morgan fingerprint density at radius 1 is 1.60 bits per heavy atom. The molecule has 0 radical (unpaired) electrons. The van der Waals surface area contributed by atoms with Gasteiger partial charge in [-0.3, -0.25) is 4.79 Å². The second kappa shape index (κ2) is 5.19. The van der Waals surface area contributed by atoms with Crippen LogP contribution in [0.4, 0.5) is 0 Å². The molecule has 1 N–H and O–H groups in total. The highest BCUT2D eigenvalue weighted by atomic mass is 16.5. The third kappa shape index (κ3) is 3.12. The molecule has 0 saturated heterocycles. The zero-order valence-corrected chi connectivity index (χ0v) is 8.36. The highest BCUT2D eigenvalue weighted by Crippen LogP contribution is 2.06. The summed E-state index contributed by atoms with van der Waals surface area (Å²) in [5, 5.41) is 8.54. The first-order valence-electron chi connectivity index (χ1n) is 4.64. The third-order valence-corrected chi connectivity index (χ3v) is 1.76. The van der Waals surface area contributed by atoms with Crippen LogP contribution in [0.15, 0.2) is 21.5 Å². The zero-order valence-electron chi connectivity index (χ0n) is 8.36. The molecular weight excluding hydrogens is 200 g/mol. The second-order valence-electron chi connectivity index (χ2n) is 2.98. The lowest BCUT2D eigenvalue weighted by Gasteiger charge is -2.03. The molecule has 0 atom stereocenters. The highest BCUT2D eigenvalue weighted by molar-refractivity contribution is 5.84. The van der Waals surface area contributed by atoms with Crippen molar-refractivity contribution in [2.75, 3.05) is 6.61 Å². The van der Waals surface area contributed by atoms with E-state index in [0.29, 0.717) is 6.61 Å². The minimum Gasteiger partial charge on any atom is -0.487 e. The molecule has 0 fully saturated rings. The number of carbonyl (C=O) groups is 1. The SMILES string of the molecule is CCCCOc1coc(C(=O)O)cc1=O. The maximum Gasteiger partial charge on any atom is 0.371 e. The van der Waals surface area contributed by atoms with Gasteiger partial charge in [0.05, 0.1) is 6.61 Å². The number of hydrogen-bond donors (Lipinski definition) is 1. The van der Waals surface area contributed by atoms with Crippen LogP contribution in [0.1, 0.15) is 30.3 Å². The number of rotatable bonds is 5. The summed E-state index contributed by atoms with van der Waals surface area (Å²) >= 11 is 0. The molecule has 0 unspecified atom stereocenters. The predicted molar refractivity (Wildman–Crippen MR) is 52.3 cm³/mol. The number of carboxylic acids is 1.